The van der Waals surface area contributed by atoms with Gasteiger partial charge in [-0.2, -0.15) is 0 Å². The first-order chi connectivity index (χ1) is 9.13. The van der Waals surface area contributed by atoms with E-state index in [1.54, 1.807) is 0 Å². The van der Waals surface area contributed by atoms with Crippen LogP contribution in [0.25, 0.3) is 0 Å². The maximum atomic E-state index is 11.6. The molecule has 4 nitrogen and oxygen atoms in total. The molecular weight excluding hydrogens is 240 g/mol. The number of carbonyl (C=O) groups excluding carboxylic acids is 1. The van der Waals surface area contributed by atoms with E-state index in [-0.39, 0.29) is 5.91 Å². The SMILES string of the molecule is Cc1ccc(OCCN(C)CC(=O)NC2CC2)cc1. The predicted molar refractivity (Wildman–Crippen MR) is 75.3 cm³/mol. The van der Waals surface area contributed by atoms with E-state index in [2.05, 4.69) is 12.2 Å². The first-order valence-corrected chi connectivity index (χ1v) is 6.81. The van der Waals surface area contributed by atoms with E-state index < -0.39 is 0 Å². The normalized spacial score (nSPS) is 14.5. The van der Waals surface area contributed by atoms with Crippen molar-refractivity contribution < 1.29 is 9.53 Å². The van der Waals surface area contributed by atoms with Gasteiger partial charge < -0.3 is 10.1 Å². The molecule has 1 aromatic carbocycles. The minimum absolute atomic E-state index is 0.111. The van der Waals surface area contributed by atoms with Gasteiger partial charge in [-0.1, -0.05) is 17.7 Å². The van der Waals surface area contributed by atoms with Gasteiger partial charge in [0.1, 0.15) is 12.4 Å². The standard InChI is InChI=1S/C15H22N2O2/c1-12-3-7-14(8-4-12)19-10-9-17(2)11-15(18)16-13-5-6-13/h3-4,7-8,13H,5-6,9-11H2,1-2H3,(H,16,18). The first-order valence-electron chi connectivity index (χ1n) is 6.81. The van der Waals surface area contributed by atoms with Crippen molar-refractivity contribution in [1.29, 1.82) is 0 Å². The monoisotopic (exact) mass is 262 g/mol. The molecule has 0 saturated heterocycles. The Kier molecular flexibility index (Phi) is 4.80. The maximum absolute atomic E-state index is 11.6. The zero-order valence-electron chi connectivity index (χ0n) is 11.7. The molecule has 1 N–H and O–H groups in total. The summed E-state index contributed by atoms with van der Waals surface area (Å²) >= 11 is 0. The fourth-order valence-electron chi connectivity index (χ4n) is 1.78. The molecule has 0 spiro atoms. The van der Waals surface area contributed by atoms with E-state index >= 15 is 0 Å². The number of rotatable bonds is 7. The average Bonchev–Trinajstić information content (AvgIpc) is 3.15. The number of likely N-dealkylation sites (N-methyl/N-ethyl adjacent to an activating group) is 1. The van der Waals surface area contributed by atoms with Gasteiger partial charge in [0.05, 0.1) is 6.54 Å². The van der Waals surface area contributed by atoms with Gasteiger partial charge in [-0.05, 0) is 38.9 Å². The Labute approximate surface area is 114 Å². The molecule has 0 aliphatic heterocycles. The molecule has 1 amide bonds. The van der Waals surface area contributed by atoms with Crippen LogP contribution in [0.3, 0.4) is 0 Å². The third-order valence-corrected chi connectivity index (χ3v) is 3.12. The van der Waals surface area contributed by atoms with Crippen molar-refractivity contribution in [3.05, 3.63) is 29.8 Å². The quantitative estimate of drug-likeness (QED) is 0.811. The summed E-state index contributed by atoms with van der Waals surface area (Å²) in [5.41, 5.74) is 1.22. The van der Waals surface area contributed by atoms with Gasteiger partial charge in [0.25, 0.3) is 0 Å². The van der Waals surface area contributed by atoms with Crippen LogP contribution in [0, 0.1) is 6.92 Å². The Bertz CT molecular complexity index is 413. The first kappa shape index (κ1) is 13.9. The van der Waals surface area contributed by atoms with Gasteiger partial charge in [-0.15, -0.1) is 0 Å². The highest BCUT2D eigenvalue weighted by Gasteiger charge is 2.23. The van der Waals surface area contributed by atoms with Crippen molar-refractivity contribution in [2.24, 2.45) is 0 Å². The van der Waals surface area contributed by atoms with Crippen molar-refractivity contribution in [2.75, 3.05) is 26.7 Å². The molecule has 0 bridgehead atoms. The van der Waals surface area contributed by atoms with Gasteiger partial charge in [0.15, 0.2) is 0 Å². The topological polar surface area (TPSA) is 41.6 Å². The molecule has 2 rings (SSSR count). The molecule has 104 valence electrons. The third kappa shape index (κ3) is 5.30. The largest absolute Gasteiger partial charge is 0.492 e. The Morgan fingerprint density at radius 1 is 1.37 bits per heavy atom. The van der Waals surface area contributed by atoms with Crippen molar-refractivity contribution >= 4 is 5.91 Å². The van der Waals surface area contributed by atoms with E-state index in [1.807, 2.05) is 36.2 Å². The molecule has 1 aliphatic rings. The van der Waals surface area contributed by atoms with E-state index in [1.165, 1.54) is 5.56 Å². The van der Waals surface area contributed by atoms with Crippen LogP contribution in [-0.4, -0.2) is 43.6 Å². The van der Waals surface area contributed by atoms with E-state index in [0.29, 0.717) is 19.2 Å². The summed E-state index contributed by atoms with van der Waals surface area (Å²) in [5, 5.41) is 2.98. The molecule has 1 saturated carbocycles. The fourth-order valence-corrected chi connectivity index (χ4v) is 1.78. The highest BCUT2D eigenvalue weighted by Crippen LogP contribution is 2.18. The Morgan fingerprint density at radius 2 is 2.05 bits per heavy atom. The minimum Gasteiger partial charge on any atom is -0.492 e. The summed E-state index contributed by atoms with van der Waals surface area (Å²) in [6, 6.07) is 8.43. The molecule has 0 radical (unpaired) electrons. The smallest absolute Gasteiger partial charge is 0.234 e. The van der Waals surface area contributed by atoms with Crippen LogP contribution in [0.4, 0.5) is 0 Å². The summed E-state index contributed by atoms with van der Waals surface area (Å²) in [7, 11) is 1.94. The second kappa shape index (κ2) is 6.57. The van der Waals surface area contributed by atoms with E-state index in [0.717, 1.165) is 25.1 Å². The van der Waals surface area contributed by atoms with Crippen molar-refractivity contribution in [3.8, 4) is 5.75 Å². The lowest BCUT2D eigenvalue weighted by molar-refractivity contribution is -0.122. The highest BCUT2D eigenvalue weighted by molar-refractivity contribution is 5.78. The maximum Gasteiger partial charge on any atom is 0.234 e. The number of benzene rings is 1. The second-order valence-electron chi connectivity index (χ2n) is 5.24. The Hall–Kier alpha value is -1.55. The summed E-state index contributed by atoms with van der Waals surface area (Å²) in [6.45, 7) is 3.83. The lowest BCUT2D eigenvalue weighted by Gasteiger charge is -2.16. The van der Waals surface area contributed by atoms with E-state index in [9.17, 15) is 4.79 Å². The van der Waals surface area contributed by atoms with Crippen LogP contribution >= 0.6 is 0 Å². The summed E-state index contributed by atoms with van der Waals surface area (Å²) in [4.78, 5) is 13.6. The predicted octanol–water partition coefficient (Wildman–Crippen LogP) is 1.58. The zero-order valence-corrected chi connectivity index (χ0v) is 11.7. The number of ether oxygens (including phenoxy) is 1. The molecular formula is C15H22N2O2. The van der Waals surface area contributed by atoms with Crippen molar-refractivity contribution in [2.45, 2.75) is 25.8 Å². The molecule has 0 aromatic heterocycles. The highest BCUT2D eigenvalue weighted by atomic mass is 16.5. The van der Waals surface area contributed by atoms with Crippen LogP contribution < -0.4 is 10.1 Å². The molecule has 0 unspecified atom stereocenters. The molecule has 19 heavy (non-hydrogen) atoms. The number of carbonyl (C=O) groups is 1. The number of aryl methyl sites for hydroxylation is 1. The number of hydrogen-bond donors (Lipinski definition) is 1. The Balaban J connectivity index is 1.61. The number of nitrogens with one attached hydrogen (secondary N) is 1. The fraction of sp³-hybridized carbons (Fsp3) is 0.533. The van der Waals surface area contributed by atoms with Gasteiger partial charge >= 0.3 is 0 Å². The molecule has 1 aliphatic carbocycles. The minimum atomic E-state index is 0.111. The van der Waals surface area contributed by atoms with Crippen LogP contribution in [-0.2, 0) is 4.79 Å². The average molecular weight is 262 g/mol. The third-order valence-electron chi connectivity index (χ3n) is 3.12. The Morgan fingerprint density at radius 3 is 2.68 bits per heavy atom. The second-order valence-corrected chi connectivity index (χ2v) is 5.24. The van der Waals surface area contributed by atoms with Crippen molar-refractivity contribution in [3.63, 3.8) is 0 Å². The van der Waals surface area contributed by atoms with Gasteiger partial charge in [0, 0.05) is 12.6 Å². The summed E-state index contributed by atoms with van der Waals surface area (Å²) < 4.78 is 5.63. The number of amides is 1. The lowest BCUT2D eigenvalue weighted by Crippen LogP contribution is -2.37. The van der Waals surface area contributed by atoms with Crippen LogP contribution in [0.1, 0.15) is 18.4 Å². The van der Waals surface area contributed by atoms with E-state index in [4.69, 9.17) is 4.74 Å². The molecule has 4 heteroatoms. The summed E-state index contributed by atoms with van der Waals surface area (Å²) in [6.07, 6.45) is 2.26. The van der Waals surface area contributed by atoms with Crippen LogP contribution in [0.15, 0.2) is 24.3 Å². The van der Waals surface area contributed by atoms with Gasteiger partial charge in [-0.25, -0.2) is 0 Å². The molecule has 1 aromatic rings. The molecule has 0 heterocycles. The molecule has 0 atom stereocenters. The summed E-state index contributed by atoms with van der Waals surface area (Å²) in [5.74, 6) is 0.988. The zero-order chi connectivity index (χ0) is 13.7. The van der Waals surface area contributed by atoms with Crippen molar-refractivity contribution in [1.82, 2.24) is 10.2 Å². The van der Waals surface area contributed by atoms with Gasteiger partial charge in [0.2, 0.25) is 5.91 Å². The van der Waals surface area contributed by atoms with Crippen LogP contribution in [0.5, 0.6) is 5.75 Å². The van der Waals surface area contributed by atoms with Crippen LogP contribution in [0.2, 0.25) is 0 Å². The number of hydrogen-bond acceptors (Lipinski definition) is 3. The molecule has 1 fully saturated rings. The lowest BCUT2D eigenvalue weighted by atomic mass is 10.2. The number of nitrogens with zero attached hydrogens (tertiary/aromatic N) is 1. The van der Waals surface area contributed by atoms with Gasteiger partial charge in [-0.3, -0.25) is 9.69 Å².